The number of hydrogen-bond acceptors (Lipinski definition) is 16. The van der Waals surface area contributed by atoms with Crippen LogP contribution in [-0.4, -0.2) is 122 Å². The van der Waals surface area contributed by atoms with E-state index >= 15 is 0 Å². The number of rotatable bonds is 17. The minimum Gasteiger partial charge on any atom is -0.479 e. The third-order valence-corrected chi connectivity index (χ3v) is 12.7. The molecule has 6 atom stereocenters. The molecule has 0 aromatic carbocycles. The number of fused-ring (bicyclic) bond motifs is 1. The van der Waals surface area contributed by atoms with Crippen molar-refractivity contribution in [3.05, 3.63) is 6.33 Å². The minimum atomic E-state index is -4.34. The molecule has 3 fully saturated rings. The summed E-state index contributed by atoms with van der Waals surface area (Å²) in [5.74, 6) is -0.764. The predicted molar refractivity (Wildman–Crippen MR) is 197 cm³/mol. The second-order valence-corrected chi connectivity index (χ2v) is 17.3. The molecule has 0 radical (unpaired) electrons. The van der Waals surface area contributed by atoms with Gasteiger partial charge >= 0.3 is 19.6 Å². The van der Waals surface area contributed by atoms with E-state index in [1.807, 2.05) is 0 Å². The molecule has 6 unspecified atom stereocenters. The molecule has 0 bridgehead atoms. The summed E-state index contributed by atoms with van der Waals surface area (Å²) in [5, 5.41) is 28.6. The van der Waals surface area contributed by atoms with Crippen LogP contribution in [-0.2, 0) is 32.9 Å². The van der Waals surface area contributed by atoms with E-state index in [1.165, 1.54) is 48.5 Å². The van der Waals surface area contributed by atoms with Gasteiger partial charge in [-0.3, -0.25) is 18.7 Å². The van der Waals surface area contributed by atoms with Crippen molar-refractivity contribution in [2.75, 3.05) is 43.5 Å². The zero-order valence-electron chi connectivity index (χ0n) is 30.1. The maximum Gasteiger partial charge on any atom is 0.342 e. The van der Waals surface area contributed by atoms with Crippen molar-refractivity contribution in [3.8, 4) is 5.88 Å². The van der Waals surface area contributed by atoms with Crippen molar-refractivity contribution in [1.82, 2.24) is 29.7 Å². The highest BCUT2D eigenvalue weighted by Crippen LogP contribution is 2.45. The Morgan fingerprint density at radius 1 is 1.02 bits per heavy atom. The fraction of sp³-hybridized carbons (Fsp3) is 0.781. The number of methoxy groups -OCH3 is 1. The topological polar surface area (TPSA) is 231 Å². The molecule has 17 nitrogen and oxygen atoms in total. The van der Waals surface area contributed by atoms with Crippen molar-refractivity contribution in [3.63, 3.8) is 0 Å². The lowest BCUT2D eigenvalue weighted by atomic mass is 9.96. The van der Waals surface area contributed by atoms with Gasteiger partial charge in [0.05, 0.1) is 20.0 Å². The van der Waals surface area contributed by atoms with Crippen molar-refractivity contribution >= 4 is 60.2 Å². The number of nitrogens with two attached hydrogens (primary N) is 1. The van der Waals surface area contributed by atoms with Gasteiger partial charge < -0.3 is 39.4 Å². The summed E-state index contributed by atoms with van der Waals surface area (Å²) in [6.45, 7) is 0.850. The van der Waals surface area contributed by atoms with E-state index in [2.05, 4.69) is 25.1 Å². The molecule has 3 heterocycles. The predicted octanol–water partition coefficient (Wildman–Crippen LogP) is 2.95. The number of nitrogens with one attached hydrogen (secondary N) is 2. The smallest absolute Gasteiger partial charge is 0.342 e. The van der Waals surface area contributed by atoms with E-state index in [9.17, 15) is 24.4 Å². The van der Waals surface area contributed by atoms with Gasteiger partial charge in [0.2, 0.25) is 11.8 Å². The van der Waals surface area contributed by atoms with Crippen LogP contribution in [0.3, 0.4) is 0 Å². The van der Waals surface area contributed by atoms with Crippen LogP contribution >= 0.6 is 31.2 Å². The number of nitrogens with zero attached hydrogens (tertiary/aromatic N) is 4. The Morgan fingerprint density at radius 2 is 1.56 bits per heavy atom. The van der Waals surface area contributed by atoms with Crippen LogP contribution in [0.25, 0.3) is 11.2 Å². The Labute approximate surface area is 312 Å². The third-order valence-electron chi connectivity index (χ3n) is 9.59. The molecule has 2 aromatic rings. The van der Waals surface area contributed by atoms with E-state index in [0.29, 0.717) is 0 Å². The summed E-state index contributed by atoms with van der Waals surface area (Å²) in [4.78, 5) is 39.6. The fourth-order valence-electron chi connectivity index (χ4n) is 6.81. The highest BCUT2D eigenvalue weighted by atomic mass is 32.2. The molecule has 1 aliphatic heterocycles. The van der Waals surface area contributed by atoms with Gasteiger partial charge in [0.1, 0.15) is 42.1 Å². The molecule has 292 valence electrons. The molecule has 1 saturated heterocycles. The quantitative estimate of drug-likeness (QED) is 0.115. The maximum atomic E-state index is 14.9. The van der Waals surface area contributed by atoms with E-state index in [0.717, 1.165) is 64.2 Å². The lowest BCUT2D eigenvalue weighted by molar-refractivity contribution is -0.152. The molecule has 6 N–H and O–H groups in total. The van der Waals surface area contributed by atoms with Crippen LogP contribution in [0.15, 0.2) is 6.33 Å². The van der Waals surface area contributed by atoms with Crippen LogP contribution in [0.5, 0.6) is 5.88 Å². The van der Waals surface area contributed by atoms with E-state index in [4.69, 9.17) is 29.2 Å². The molecule has 20 heteroatoms. The average molecular weight is 790 g/mol. The summed E-state index contributed by atoms with van der Waals surface area (Å²) in [5.41, 5.74) is 4.40. The first-order chi connectivity index (χ1) is 24.9. The number of carbonyl (C=O) groups is 2. The van der Waals surface area contributed by atoms with Gasteiger partial charge in [0.25, 0.3) is 0 Å². The molecular formula is C32H52N7O10PS2. The fourth-order valence-corrected chi connectivity index (χ4v) is 9.95. The van der Waals surface area contributed by atoms with Crippen LogP contribution in [0.1, 0.15) is 77.4 Å². The van der Waals surface area contributed by atoms with Gasteiger partial charge in [-0.25, -0.2) is 15.2 Å². The molecule has 0 spiro atoms. The zero-order chi connectivity index (χ0) is 37.5. The molecule has 5 rings (SSSR count). The number of hydrogen-bond donors (Lipinski definition) is 5. The Hall–Kier alpha value is -2.22. The number of aromatic nitrogens is 4. The summed E-state index contributed by atoms with van der Waals surface area (Å²) >= 11 is 2.70. The van der Waals surface area contributed by atoms with Gasteiger partial charge in [0, 0.05) is 11.5 Å². The summed E-state index contributed by atoms with van der Waals surface area (Å²) < 4.78 is 45.4. The number of imidazole rings is 1. The Morgan fingerprint density at radius 3 is 2.06 bits per heavy atom. The lowest BCUT2D eigenvalue weighted by Crippen LogP contribution is -2.48. The summed E-state index contributed by atoms with van der Waals surface area (Å²) in [6.07, 6.45) is 9.44. The Balaban J connectivity index is 1.38. The minimum absolute atomic E-state index is 0.106. The Bertz CT molecular complexity index is 1510. The number of carbonyl (C=O) groups excluding carboxylic acids is 2. The second kappa shape index (κ2) is 18.4. The first-order valence-corrected chi connectivity index (χ1v) is 22.1. The molecule has 3 aliphatic rings. The van der Waals surface area contributed by atoms with Gasteiger partial charge in [-0.2, -0.15) is 33.5 Å². The molecule has 52 heavy (non-hydrogen) atoms. The maximum absolute atomic E-state index is 14.9. The summed E-state index contributed by atoms with van der Waals surface area (Å²) in [7, 11) is -2.93. The molecule has 2 saturated carbocycles. The van der Waals surface area contributed by atoms with Crippen molar-refractivity contribution in [2.24, 2.45) is 0 Å². The van der Waals surface area contributed by atoms with Crippen LogP contribution in [0, 0.1) is 0 Å². The van der Waals surface area contributed by atoms with Crippen LogP contribution in [0.4, 0.5) is 5.95 Å². The van der Waals surface area contributed by atoms with Crippen molar-refractivity contribution < 1.29 is 47.8 Å². The van der Waals surface area contributed by atoms with Gasteiger partial charge in [0.15, 0.2) is 17.4 Å². The standard InChI is InChI=1S/C32H52N7O10PS2/c1-32(43)25(40)23(49-30(32)39-18-34-24-26(39)35-31(33)36-27(24)45-2)15-46-50(44,37-21(16-51-3)28(41)47-19-11-7-5-8-12-19)38-22(17-52-4)29(42)48-20-13-9-6-10-14-20/h18-23,25,30,40,43H,5-17H2,1-4H3,(H2,33,35,36)(H2,37,38,44). The van der Waals surface area contributed by atoms with E-state index < -0.39 is 62.3 Å². The van der Waals surface area contributed by atoms with E-state index in [1.54, 1.807) is 12.5 Å². The number of anilines is 1. The van der Waals surface area contributed by atoms with Crippen LogP contribution < -0.4 is 20.6 Å². The highest BCUT2D eigenvalue weighted by Gasteiger charge is 2.54. The number of esters is 2. The van der Waals surface area contributed by atoms with E-state index in [-0.39, 0.29) is 46.7 Å². The zero-order valence-corrected chi connectivity index (χ0v) is 32.6. The number of aliphatic hydroxyl groups excluding tert-OH is 1. The first kappa shape index (κ1) is 41.0. The van der Waals surface area contributed by atoms with Crippen molar-refractivity contribution in [1.29, 1.82) is 0 Å². The average Bonchev–Trinajstić information content (AvgIpc) is 3.64. The third kappa shape index (κ3) is 9.90. The van der Waals surface area contributed by atoms with Gasteiger partial charge in [-0.15, -0.1) is 0 Å². The van der Waals surface area contributed by atoms with Gasteiger partial charge in [-0.1, -0.05) is 12.8 Å². The summed E-state index contributed by atoms with van der Waals surface area (Å²) in [6, 6.07) is -2.13. The largest absolute Gasteiger partial charge is 0.479 e. The normalized spacial score (nSPS) is 26.8. The Kier molecular flexibility index (Phi) is 14.5. The highest BCUT2D eigenvalue weighted by molar-refractivity contribution is 7.98. The van der Waals surface area contributed by atoms with Gasteiger partial charge in [-0.05, 0) is 70.8 Å². The number of aliphatic hydroxyl groups is 2. The molecule has 2 aliphatic carbocycles. The molecule has 0 amide bonds. The lowest BCUT2D eigenvalue weighted by Gasteiger charge is -2.31. The van der Waals surface area contributed by atoms with Crippen LogP contribution in [0.2, 0.25) is 0 Å². The SMILES string of the molecule is COc1nc(N)nc2c1ncn2C1OC(COP(=O)(NC(CSC)C(=O)OC2CCCCC2)NC(CSC)C(=O)OC2CCCCC2)C(O)C1(C)O. The number of nitrogen functional groups attached to an aromatic ring is 1. The first-order valence-electron chi connectivity index (χ1n) is 17.7. The second-order valence-electron chi connectivity index (χ2n) is 13.6. The number of ether oxygens (including phenoxy) is 4. The van der Waals surface area contributed by atoms with Crippen molar-refractivity contribution in [2.45, 2.75) is 119 Å². The molecular weight excluding hydrogens is 737 g/mol. The monoisotopic (exact) mass is 789 g/mol. The number of thioether (sulfide) groups is 2. The molecule has 2 aromatic heterocycles.